The molecule has 2 aliphatic rings. The topological polar surface area (TPSA) is 52.2 Å². The van der Waals surface area contributed by atoms with E-state index >= 15 is 0 Å². The molecule has 214 valence electrons. The van der Waals surface area contributed by atoms with Crippen LogP contribution in [0.4, 0.5) is 5.69 Å². The van der Waals surface area contributed by atoms with Crippen LogP contribution < -0.4 is 4.90 Å². The molecule has 2 fully saturated rings. The Balaban J connectivity index is 1.42. The molecule has 1 aromatic heterocycles. The lowest BCUT2D eigenvalue weighted by atomic mass is 9.78. The average Bonchev–Trinajstić information content (AvgIpc) is 3.46. The Kier molecular flexibility index (Phi) is 8.46. The summed E-state index contributed by atoms with van der Waals surface area (Å²) < 4.78 is 0. The van der Waals surface area contributed by atoms with Crippen LogP contribution in [0.1, 0.15) is 98.4 Å². The highest BCUT2D eigenvalue weighted by Crippen LogP contribution is 2.46. The maximum atomic E-state index is 11.6. The summed E-state index contributed by atoms with van der Waals surface area (Å²) in [7, 11) is 4.15. The number of rotatable bonds is 8. The van der Waals surface area contributed by atoms with Gasteiger partial charge in [-0.1, -0.05) is 81.0 Å². The molecule has 0 aliphatic heterocycles. The van der Waals surface area contributed by atoms with Crippen LogP contribution >= 0.6 is 0 Å². The number of aromatic nitrogens is 2. The summed E-state index contributed by atoms with van der Waals surface area (Å²) in [6.07, 6.45) is 14.1. The number of phenolic OH excluding ortho intramolecular Hbond substituents is 1. The summed E-state index contributed by atoms with van der Waals surface area (Å²) >= 11 is 0. The molecule has 0 unspecified atom stereocenters. The summed E-state index contributed by atoms with van der Waals surface area (Å²) in [5.74, 6) is 2.38. The largest absolute Gasteiger partial charge is 0.507 e. The van der Waals surface area contributed by atoms with E-state index in [4.69, 9.17) is 4.98 Å². The van der Waals surface area contributed by atoms with Crippen molar-refractivity contribution in [3.05, 3.63) is 89.1 Å². The zero-order valence-electron chi connectivity index (χ0n) is 24.8. The fourth-order valence-electron chi connectivity index (χ4n) is 7.07. The number of nitrogens with one attached hydrogen (secondary N) is 1. The minimum absolute atomic E-state index is 0.441. The van der Waals surface area contributed by atoms with E-state index in [1.54, 1.807) is 0 Å². The molecule has 2 N–H and O–H groups in total. The number of aryl methyl sites for hydroxylation is 2. The highest BCUT2D eigenvalue weighted by Gasteiger charge is 2.27. The fraction of sp³-hybridized carbons (Fsp3) is 0.432. The molecular formula is C37H45N3O. The monoisotopic (exact) mass is 547 g/mol. The van der Waals surface area contributed by atoms with Gasteiger partial charge in [-0.25, -0.2) is 4.98 Å². The number of hydrogen-bond donors (Lipinski definition) is 2. The smallest absolute Gasteiger partial charge is 0.138 e. The SMILES string of the molecule is CN(C)c1ccc(-c2[nH]c(-c3cc(C4CCCCC4)c(O)c(C4CCCCC4)c3)nc2CCc2ccccc2)cc1. The van der Waals surface area contributed by atoms with Gasteiger partial charge in [-0.3, -0.25) is 0 Å². The van der Waals surface area contributed by atoms with Gasteiger partial charge in [0.1, 0.15) is 11.6 Å². The van der Waals surface area contributed by atoms with Crippen LogP contribution in [0, 0.1) is 0 Å². The molecule has 0 amide bonds. The van der Waals surface area contributed by atoms with Gasteiger partial charge in [0.25, 0.3) is 0 Å². The molecule has 2 aliphatic carbocycles. The van der Waals surface area contributed by atoms with E-state index in [-0.39, 0.29) is 0 Å². The van der Waals surface area contributed by atoms with Gasteiger partial charge < -0.3 is 15.0 Å². The first-order valence-electron chi connectivity index (χ1n) is 15.8. The van der Waals surface area contributed by atoms with Crippen LogP contribution in [-0.2, 0) is 12.8 Å². The Labute approximate surface area is 245 Å². The molecule has 0 bridgehead atoms. The van der Waals surface area contributed by atoms with Gasteiger partial charge in [0.2, 0.25) is 0 Å². The maximum Gasteiger partial charge on any atom is 0.138 e. The minimum Gasteiger partial charge on any atom is -0.507 e. The van der Waals surface area contributed by atoms with Gasteiger partial charge >= 0.3 is 0 Å². The standard InChI is InChI=1S/C37H45N3O/c1-40(2)31-21-19-29(20-22-31)35-34(23-18-26-12-6-3-7-13-26)38-37(39-35)30-24-32(27-14-8-4-9-15-27)36(41)33(25-30)28-16-10-5-11-17-28/h3,6-7,12-13,19-22,24-25,27-28,41H,4-5,8-11,14-18,23H2,1-2H3,(H,38,39). The molecule has 0 saturated heterocycles. The Hall–Kier alpha value is -3.53. The Morgan fingerprint density at radius 3 is 1.88 bits per heavy atom. The van der Waals surface area contributed by atoms with Gasteiger partial charge in [0.05, 0.1) is 11.4 Å². The first kappa shape index (κ1) is 27.6. The third kappa shape index (κ3) is 6.22. The van der Waals surface area contributed by atoms with Gasteiger partial charge in [0.15, 0.2) is 0 Å². The number of hydrogen-bond acceptors (Lipinski definition) is 3. The Morgan fingerprint density at radius 2 is 1.32 bits per heavy atom. The van der Waals surface area contributed by atoms with E-state index in [1.807, 2.05) is 0 Å². The maximum absolute atomic E-state index is 11.6. The van der Waals surface area contributed by atoms with E-state index in [0.717, 1.165) is 52.3 Å². The van der Waals surface area contributed by atoms with E-state index < -0.39 is 0 Å². The van der Waals surface area contributed by atoms with Gasteiger partial charge in [0, 0.05) is 25.3 Å². The van der Waals surface area contributed by atoms with Crippen molar-refractivity contribution >= 4 is 5.69 Å². The number of aromatic amines is 1. The molecule has 1 heterocycles. The molecule has 4 nitrogen and oxygen atoms in total. The summed E-state index contributed by atoms with van der Waals surface area (Å²) in [5.41, 5.74) is 9.32. The summed E-state index contributed by atoms with van der Waals surface area (Å²) in [6.45, 7) is 0. The molecule has 3 aromatic carbocycles. The number of imidazole rings is 1. The normalized spacial score (nSPS) is 16.6. The number of nitrogens with zero attached hydrogens (tertiary/aromatic N) is 2. The lowest BCUT2D eigenvalue weighted by Gasteiger charge is -2.28. The van der Waals surface area contributed by atoms with E-state index in [2.05, 4.69) is 90.7 Å². The third-order valence-corrected chi connectivity index (χ3v) is 9.48. The predicted molar refractivity (Wildman–Crippen MR) is 171 cm³/mol. The van der Waals surface area contributed by atoms with Crippen LogP contribution in [-0.4, -0.2) is 29.2 Å². The first-order chi connectivity index (χ1) is 20.1. The highest BCUT2D eigenvalue weighted by atomic mass is 16.3. The van der Waals surface area contributed by atoms with E-state index in [1.165, 1.54) is 75.5 Å². The van der Waals surface area contributed by atoms with Gasteiger partial charge in [-0.2, -0.15) is 0 Å². The number of benzene rings is 3. The molecule has 4 aromatic rings. The van der Waals surface area contributed by atoms with Crippen LogP contribution in [0.2, 0.25) is 0 Å². The number of H-pyrrole nitrogens is 1. The van der Waals surface area contributed by atoms with Crippen LogP contribution in [0.15, 0.2) is 66.7 Å². The van der Waals surface area contributed by atoms with Crippen LogP contribution in [0.3, 0.4) is 0 Å². The molecule has 0 spiro atoms. The Bertz CT molecular complexity index is 1390. The second-order valence-corrected chi connectivity index (χ2v) is 12.5. The summed E-state index contributed by atoms with van der Waals surface area (Å²) in [4.78, 5) is 11.2. The average molecular weight is 548 g/mol. The lowest BCUT2D eigenvalue weighted by molar-refractivity contribution is 0.393. The van der Waals surface area contributed by atoms with Gasteiger partial charge in [-0.05, 0) is 96.9 Å². The van der Waals surface area contributed by atoms with Gasteiger partial charge in [-0.15, -0.1) is 0 Å². The molecule has 6 rings (SSSR count). The predicted octanol–water partition coefficient (Wildman–Crippen LogP) is 9.40. The van der Waals surface area contributed by atoms with E-state index in [0.29, 0.717) is 17.6 Å². The third-order valence-electron chi connectivity index (χ3n) is 9.48. The van der Waals surface area contributed by atoms with Crippen molar-refractivity contribution in [3.63, 3.8) is 0 Å². The summed E-state index contributed by atoms with van der Waals surface area (Å²) in [5, 5.41) is 11.6. The van der Waals surface area contributed by atoms with Crippen LogP contribution in [0.5, 0.6) is 5.75 Å². The molecule has 4 heteroatoms. The second-order valence-electron chi connectivity index (χ2n) is 12.5. The van der Waals surface area contributed by atoms with E-state index in [9.17, 15) is 5.11 Å². The number of phenols is 1. The zero-order valence-corrected chi connectivity index (χ0v) is 24.8. The fourth-order valence-corrected chi connectivity index (χ4v) is 7.07. The quantitative estimate of drug-likeness (QED) is 0.231. The minimum atomic E-state index is 0.441. The molecule has 0 radical (unpaired) electrons. The Morgan fingerprint density at radius 1 is 0.732 bits per heavy atom. The lowest BCUT2D eigenvalue weighted by Crippen LogP contribution is -2.09. The van der Waals surface area contributed by atoms with Crippen molar-refractivity contribution in [1.82, 2.24) is 9.97 Å². The number of anilines is 1. The molecule has 0 atom stereocenters. The van der Waals surface area contributed by atoms with Crippen molar-refractivity contribution in [1.29, 1.82) is 0 Å². The van der Waals surface area contributed by atoms with Crippen molar-refractivity contribution in [2.24, 2.45) is 0 Å². The van der Waals surface area contributed by atoms with Crippen molar-refractivity contribution in [3.8, 4) is 28.4 Å². The molecule has 2 saturated carbocycles. The second kappa shape index (κ2) is 12.5. The molecule has 41 heavy (non-hydrogen) atoms. The first-order valence-corrected chi connectivity index (χ1v) is 15.8. The van der Waals surface area contributed by atoms with Crippen LogP contribution in [0.25, 0.3) is 22.6 Å². The molecular weight excluding hydrogens is 502 g/mol. The highest BCUT2D eigenvalue weighted by molar-refractivity contribution is 5.71. The summed E-state index contributed by atoms with van der Waals surface area (Å²) in [6, 6.07) is 24.0. The zero-order chi connectivity index (χ0) is 28.2. The van der Waals surface area contributed by atoms with Crippen molar-refractivity contribution < 1.29 is 5.11 Å². The number of aromatic hydroxyl groups is 1. The van der Waals surface area contributed by atoms with Crippen molar-refractivity contribution in [2.45, 2.75) is 88.9 Å². The van der Waals surface area contributed by atoms with Crippen molar-refractivity contribution in [2.75, 3.05) is 19.0 Å².